The van der Waals surface area contributed by atoms with Crippen LogP contribution in [0.2, 0.25) is 0 Å². The number of hydrogen-bond acceptors (Lipinski definition) is 4. The number of ether oxygens (including phenoxy) is 1. The second kappa shape index (κ2) is 4.25. The summed E-state index contributed by atoms with van der Waals surface area (Å²) in [6, 6.07) is 0. The van der Waals surface area contributed by atoms with E-state index in [1.54, 1.807) is 0 Å². The summed E-state index contributed by atoms with van der Waals surface area (Å²) in [5.74, 6) is 0.566. The third-order valence-electron chi connectivity index (χ3n) is 3.95. The Labute approximate surface area is 103 Å². The van der Waals surface area contributed by atoms with Gasteiger partial charge in [-0.05, 0) is 46.1 Å². The number of rotatable bonds is 1. The van der Waals surface area contributed by atoms with Crippen LogP contribution in [0.25, 0.3) is 0 Å². The molecular formula is C13H24N2O2. The van der Waals surface area contributed by atoms with Gasteiger partial charge < -0.3 is 15.8 Å². The molecule has 0 aromatic heterocycles. The van der Waals surface area contributed by atoms with Crippen LogP contribution in [-0.2, 0) is 9.53 Å². The Balaban J connectivity index is 2.13. The van der Waals surface area contributed by atoms with E-state index in [-0.39, 0.29) is 11.9 Å². The van der Waals surface area contributed by atoms with Gasteiger partial charge in [-0.3, -0.25) is 4.79 Å². The molecule has 4 heteroatoms. The van der Waals surface area contributed by atoms with E-state index in [1.807, 2.05) is 20.8 Å². The fraction of sp³-hybridized carbons (Fsp3) is 0.923. The molecule has 0 aromatic rings. The Morgan fingerprint density at radius 1 is 1.41 bits per heavy atom. The Hall–Kier alpha value is -0.610. The average Bonchev–Trinajstić information content (AvgIpc) is 2.64. The van der Waals surface area contributed by atoms with E-state index in [1.165, 1.54) is 6.42 Å². The van der Waals surface area contributed by atoms with Gasteiger partial charge in [-0.1, -0.05) is 6.42 Å². The summed E-state index contributed by atoms with van der Waals surface area (Å²) in [5, 5.41) is 3.35. The van der Waals surface area contributed by atoms with Crippen molar-refractivity contribution in [1.29, 1.82) is 0 Å². The minimum Gasteiger partial charge on any atom is -0.459 e. The molecule has 0 aromatic carbocycles. The second-order valence-corrected chi connectivity index (χ2v) is 6.46. The molecule has 2 fully saturated rings. The van der Waals surface area contributed by atoms with Crippen LogP contribution in [0.1, 0.15) is 40.0 Å². The molecule has 98 valence electrons. The molecule has 0 radical (unpaired) electrons. The molecule has 4 nitrogen and oxygen atoms in total. The minimum atomic E-state index is -0.778. The molecule has 1 aliphatic carbocycles. The van der Waals surface area contributed by atoms with Gasteiger partial charge in [-0.25, -0.2) is 0 Å². The Morgan fingerprint density at radius 2 is 2.12 bits per heavy atom. The van der Waals surface area contributed by atoms with Gasteiger partial charge in [0.1, 0.15) is 11.1 Å². The van der Waals surface area contributed by atoms with Crippen LogP contribution in [0.4, 0.5) is 0 Å². The number of fused-ring (bicyclic) bond motifs is 1. The van der Waals surface area contributed by atoms with Gasteiger partial charge in [0, 0.05) is 12.5 Å². The van der Waals surface area contributed by atoms with Crippen molar-refractivity contribution in [3.05, 3.63) is 0 Å². The first-order valence-corrected chi connectivity index (χ1v) is 6.56. The monoisotopic (exact) mass is 240 g/mol. The summed E-state index contributed by atoms with van der Waals surface area (Å²) in [5.41, 5.74) is 5.15. The zero-order valence-electron chi connectivity index (χ0n) is 11.1. The third kappa shape index (κ3) is 2.47. The van der Waals surface area contributed by atoms with Crippen molar-refractivity contribution in [2.75, 3.05) is 13.1 Å². The van der Waals surface area contributed by atoms with Gasteiger partial charge in [-0.15, -0.1) is 0 Å². The maximum atomic E-state index is 12.3. The van der Waals surface area contributed by atoms with Gasteiger partial charge >= 0.3 is 5.97 Å². The van der Waals surface area contributed by atoms with Crippen molar-refractivity contribution in [2.24, 2.45) is 17.6 Å². The lowest BCUT2D eigenvalue weighted by molar-refractivity contribution is -0.166. The molecule has 0 amide bonds. The lowest BCUT2D eigenvalue weighted by Crippen LogP contribution is -2.60. The Bertz CT molecular complexity index is 311. The highest BCUT2D eigenvalue weighted by atomic mass is 16.6. The highest BCUT2D eigenvalue weighted by molar-refractivity contribution is 5.81. The number of carbonyl (C=O) groups excluding carboxylic acids is 1. The Morgan fingerprint density at radius 3 is 2.76 bits per heavy atom. The van der Waals surface area contributed by atoms with Crippen LogP contribution < -0.4 is 11.1 Å². The number of esters is 1. The number of nitrogens with one attached hydrogen (secondary N) is 1. The highest BCUT2D eigenvalue weighted by Crippen LogP contribution is 2.39. The molecule has 3 N–H and O–H groups in total. The lowest BCUT2D eigenvalue weighted by Gasteiger charge is -2.41. The van der Waals surface area contributed by atoms with Gasteiger partial charge in [0.05, 0.1) is 0 Å². The highest BCUT2D eigenvalue weighted by Gasteiger charge is 2.51. The fourth-order valence-corrected chi connectivity index (χ4v) is 3.11. The summed E-state index contributed by atoms with van der Waals surface area (Å²) in [7, 11) is 0. The zero-order chi connectivity index (χ0) is 12.7. The first-order chi connectivity index (χ1) is 7.83. The molecule has 3 atom stereocenters. The molecule has 1 saturated heterocycles. The normalized spacial score (nSPS) is 37.6. The lowest BCUT2D eigenvalue weighted by atomic mass is 9.69. The van der Waals surface area contributed by atoms with Crippen LogP contribution in [-0.4, -0.2) is 30.2 Å². The predicted octanol–water partition coefficient (Wildman–Crippen LogP) is 1.05. The molecule has 2 rings (SSSR count). The van der Waals surface area contributed by atoms with E-state index < -0.39 is 11.1 Å². The second-order valence-electron chi connectivity index (χ2n) is 6.46. The van der Waals surface area contributed by atoms with E-state index in [0.717, 1.165) is 25.9 Å². The van der Waals surface area contributed by atoms with Crippen molar-refractivity contribution in [1.82, 2.24) is 5.32 Å². The van der Waals surface area contributed by atoms with Crippen LogP contribution in [0.15, 0.2) is 0 Å². The van der Waals surface area contributed by atoms with E-state index >= 15 is 0 Å². The zero-order valence-corrected chi connectivity index (χ0v) is 11.1. The summed E-state index contributed by atoms with van der Waals surface area (Å²) < 4.78 is 5.50. The van der Waals surface area contributed by atoms with Crippen molar-refractivity contribution in [3.63, 3.8) is 0 Å². The topological polar surface area (TPSA) is 64.3 Å². The smallest absolute Gasteiger partial charge is 0.326 e. The molecule has 0 bridgehead atoms. The van der Waals surface area contributed by atoms with Gasteiger partial charge in [-0.2, -0.15) is 0 Å². The fourth-order valence-electron chi connectivity index (χ4n) is 3.11. The Kier molecular flexibility index (Phi) is 3.21. The third-order valence-corrected chi connectivity index (χ3v) is 3.95. The first-order valence-electron chi connectivity index (χ1n) is 6.56. The molecule has 1 aliphatic heterocycles. The van der Waals surface area contributed by atoms with Crippen molar-refractivity contribution in [3.8, 4) is 0 Å². The molecule has 2 aliphatic rings. The standard InChI is InChI=1S/C13H24N2O2/c1-12(2,3)17-11(16)13(14)6-4-5-9-7-15-8-10(9)13/h9-10,15H,4-8,14H2,1-3H3. The number of hydrogen-bond donors (Lipinski definition) is 2. The average molecular weight is 240 g/mol. The van der Waals surface area contributed by atoms with Crippen LogP contribution >= 0.6 is 0 Å². The van der Waals surface area contributed by atoms with E-state index in [9.17, 15) is 4.79 Å². The summed E-state index contributed by atoms with van der Waals surface area (Å²) >= 11 is 0. The van der Waals surface area contributed by atoms with Crippen molar-refractivity contribution < 1.29 is 9.53 Å². The minimum absolute atomic E-state index is 0.219. The molecule has 1 saturated carbocycles. The van der Waals surface area contributed by atoms with Crippen LogP contribution in [0.5, 0.6) is 0 Å². The van der Waals surface area contributed by atoms with Gasteiger partial charge in [0.25, 0.3) is 0 Å². The summed E-state index contributed by atoms with van der Waals surface area (Å²) in [4.78, 5) is 12.3. The predicted molar refractivity (Wildman–Crippen MR) is 66.5 cm³/mol. The molecular weight excluding hydrogens is 216 g/mol. The first kappa shape index (κ1) is 12.8. The van der Waals surface area contributed by atoms with E-state index in [0.29, 0.717) is 5.92 Å². The molecule has 1 heterocycles. The van der Waals surface area contributed by atoms with Crippen LogP contribution in [0, 0.1) is 11.8 Å². The van der Waals surface area contributed by atoms with E-state index in [2.05, 4.69) is 5.32 Å². The van der Waals surface area contributed by atoms with Gasteiger partial charge in [0.2, 0.25) is 0 Å². The molecule has 17 heavy (non-hydrogen) atoms. The summed E-state index contributed by atoms with van der Waals surface area (Å²) in [6.45, 7) is 7.51. The summed E-state index contributed by atoms with van der Waals surface area (Å²) in [6.07, 6.45) is 2.96. The quantitative estimate of drug-likeness (QED) is 0.672. The van der Waals surface area contributed by atoms with Crippen LogP contribution in [0.3, 0.4) is 0 Å². The van der Waals surface area contributed by atoms with E-state index in [4.69, 9.17) is 10.5 Å². The van der Waals surface area contributed by atoms with Crippen molar-refractivity contribution in [2.45, 2.75) is 51.2 Å². The van der Waals surface area contributed by atoms with Gasteiger partial charge in [0.15, 0.2) is 0 Å². The maximum absolute atomic E-state index is 12.3. The molecule has 0 spiro atoms. The maximum Gasteiger partial charge on any atom is 0.326 e. The number of carbonyl (C=O) groups is 1. The number of nitrogens with two attached hydrogens (primary N) is 1. The van der Waals surface area contributed by atoms with Crippen molar-refractivity contribution >= 4 is 5.97 Å². The molecule has 3 unspecified atom stereocenters. The SMILES string of the molecule is CC(C)(C)OC(=O)C1(N)CCCC2CNCC21. The largest absolute Gasteiger partial charge is 0.459 e.